The molecule has 0 radical (unpaired) electrons. The monoisotopic (exact) mass is 128 g/mol. The number of likely N-dealkylation sites (N-methyl/N-ethyl adjacent to an activating group) is 1. The summed E-state index contributed by atoms with van der Waals surface area (Å²) in [6.07, 6.45) is 0. The Morgan fingerprint density at radius 1 is 1.78 bits per heavy atom. The first kappa shape index (κ1) is 6.55. The Bertz CT molecular complexity index is 112. The number of nitrogens with one attached hydrogen (secondary N) is 1. The van der Waals surface area contributed by atoms with E-state index in [4.69, 9.17) is 0 Å². The fourth-order valence-electron chi connectivity index (χ4n) is 0.977. The second-order valence-corrected chi connectivity index (χ2v) is 2.44. The largest absolute Gasteiger partial charge is 0.343 e. The van der Waals surface area contributed by atoms with Gasteiger partial charge in [-0.15, -0.1) is 0 Å². The highest BCUT2D eigenvalue weighted by atomic mass is 16.2. The third kappa shape index (κ3) is 1.21. The third-order valence-electron chi connectivity index (χ3n) is 1.64. The molecule has 1 aliphatic rings. The van der Waals surface area contributed by atoms with Gasteiger partial charge in [0.15, 0.2) is 0 Å². The van der Waals surface area contributed by atoms with Crippen molar-refractivity contribution in [1.29, 1.82) is 0 Å². The molecule has 0 aromatic heterocycles. The van der Waals surface area contributed by atoms with Crippen LogP contribution in [0.2, 0.25) is 0 Å². The Morgan fingerprint density at radius 2 is 2.44 bits per heavy atom. The highest BCUT2D eigenvalue weighted by molar-refractivity contribution is 5.81. The minimum absolute atomic E-state index is 0.0174. The summed E-state index contributed by atoms with van der Waals surface area (Å²) in [5.41, 5.74) is 0. The van der Waals surface area contributed by atoms with E-state index in [-0.39, 0.29) is 11.9 Å². The molecular formula is C6H12N2O. The molecule has 0 aromatic carbocycles. The van der Waals surface area contributed by atoms with Gasteiger partial charge < -0.3 is 10.2 Å². The van der Waals surface area contributed by atoms with Crippen LogP contribution in [0.15, 0.2) is 0 Å². The topological polar surface area (TPSA) is 32.3 Å². The van der Waals surface area contributed by atoms with Crippen molar-refractivity contribution in [3.8, 4) is 0 Å². The molecule has 3 nitrogen and oxygen atoms in total. The second kappa shape index (κ2) is 2.35. The van der Waals surface area contributed by atoms with E-state index >= 15 is 0 Å². The molecule has 0 unspecified atom stereocenters. The van der Waals surface area contributed by atoms with Crippen LogP contribution < -0.4 is 5.32 Å². The SMILES string of the molecule is C[C@@H]1NCCN(C)C1=O. The molecule has 1 aliphatic heterocycles. The van der Waals surface area contributed by atoms with Gasteiger partial charge in [-0.25, -0.2) is 0 Å². The molecule has 0 bridgehead atoms. The average Bonchev–Trinajstić information content (AvgIpc) is 1.83. The summed E-state index contributed by atoms with van der Waals surface area (Å²) in [6.45, 7) is 3.64. The lowest BCUT2D eigenvalue weighted by Gasteiger charge is -2.27. The van der Waals surface area contributed by atoms with Gasteiger partial charge in [0.05, 0.1) is 6.04 Å². The van der Waals surface area contributed by atoms with Gasteiger partial charge >= 0.3 is 0 Å². The Morgan fingerprint density at radius 3 is 2.89 bits per heavy atom. The Labute approximate surface area is 55.0 Å². The lowest BCUT2D eigenvalue weighted by Crippen LogP contribution is -2.51. The molecule has 1 atom stereocenters. The number of carbonyl (C=O) groups excluding carboxylic acids is 1. The lowest BCUT2D eigenvalue weighted by atomic mass is 10.2. The van der Waals surface area contributed by atoms with Crippen LogP contribution in [-0.2, 0) is 4.79 Å². The zero-order valence-corrected chi connectivity index (χ0v) is 5.85. The van der Waals surface area contributed by atoms with Gasteiger partial charge in [-0.05, 0) is 6.92 Å². The van der Waals surface area contributed by atoms with Gasteiger partial charge in [0.1, 0.15) is 0 Å². The Kier molecular flexibility index (Phi) is 1.71. The van der Waals surface area contributed by atoms with E-state index in [0.29, 0.717) is 0 Å². The van der Waals surface area contributed by atoms with Crippen LogP contribution in [0.3, 0.4) is 0 Å². The number of carbonyl (C=O) groups is 1. The third-order valence-corrected chi connectivity index (χ3v) is 1.64. The summed E-state index contributed by atoms with van der Waals surface area (Å²) in [5, 5.41) is 3.07. The van der Waals surface area contributed by atoms with E-state index < -0.39 is 0 Å². The number of piperazine rings is 1. The lowest BCUT2D eigenvalue weighted by molar-refractivity contribution is -0.133. The van der Waals surface area contributed by atoms with Crippen LogP contribution in [0, 0.1) is 0 Å². The maximum absolute atomic E-state index is 11.0. The first-order valence-electron chi connectivity index (χ1n) is 3.20. The maximum Gasteiger partial charge on any atom is 0.239 e. The first-order valence-corrected chi connectivity index (χ1v) is 3.20. The fraction of sp³-hybridized carbons (Fsp3) is 0.833. The first-order chi connectivity index (χ1) is 4.22. The predicted octanol–water partition coefficient (Wildman–Crippen LogP) is -0.563. The molecule has 1 heterocycles. The standard InChI is InChI=1S/C6H12N2O/c1-5-6(9)8(2)4-3-7-5/h5,7H,3-4H2,1-2H3/t5-/m0/s1. The zero-order chi connectivity index (χ0) is 6.85. The van der Waals surface area contributed by atoms with Crippen LogP contribution in [-0.4, -0.2) is 37.0 Å². The predicted molar refractivity (Wildman–Crippen MR) is 35.1 cm³/mol. The van der Waals surface area contributed by atoms with E-state index in [1.165, 1.54) is 0 Å². The van der Waals surface area contributed by atoms with Crippen LogP contribution in [0.1, 0.15) is 6.92 Å². The summed E-state index contributed by atoms with van der Waals surface area (Å²) in [7, 11) is 1.83. The van der Waals surface area contributed by atoms with Gasteiger partial charge in [-0.2, -0.15) is 0 Å². The molecular weight excluding hydrogens is 116 g/mol. The fourth-order valence-corrected chi connectivity index (χ4v) is 0.977. The van der Waals surface area contributed by atoms with Crippen LogP contribution >= 0.6 is 0 Å². The zero-order valence-electron chi connectivity index (χ0n) is 5.85. The van der Waals surface area contributed by atoms with E-state index in [1.807, 2.05) is 14.0 Å². The maximum atomic E-state index is 11.0. The number of nitrogens with zero attached hydrogens (tertiary/aromatic N) is 1. The highest BCUT2D eigenvalue weighted by Crippen LogP contribution is 1.95. The summed E-state index contributed by atoms with van der Waals surface area (Å²) in [5.74, 6) is 0.196. The molecule has 1 rings (SSSR count). The molecule has 3 heteroatoms. The van der Waals surface area contributed by atoms with Crippen molar-refractivity contribution in [2.75, 3.05) is 20.1 Å². The minimum atomic E-state index is 0.0174. The summed E-state index contributed by atoms with van der Waals surface area (Å²) >= 11 is 0. The van der Waals surface area contributed by atoms with Crippen LogP contribution in [0.25, 0.3) is 0 Å². The molecule has 9 heavy (non-hydrogen) atoms. The van der Waals surface area contributed by atoms with Crippen molar-refractivity contribution in [3.63, 3.8) is 0 Å². The Hall–Kier alpha value is -0.570. The molecule has 1 saturated heterocycles. The molecule has 0 spiro atoms. The number of amides is 1. The normalized spacial score (nSPS) is 28.9. The van der Waals surface area contributed by atoms with E-state index in [2.05, 4.69) is 5.32 Å². The second-order valence-electron chi connectivity index (χ2n) is 2.44. The quantitative estimate of drug-likeness (QED) is 0.474. The van der Waals surface area contributed by atoms with Crippen molar-refractivity contribution in [3.05, 3.63) is 0 Å². The minimum Gasteiger partial charge on any atom is -0.343 e. The van der Waals surface area contributed by atoms with Crippen molar-refractivity contribution in [2.45, 2.75) is 13.0 Å². The average molecular weight is 128 g/mol. The summed E-state index contributed by atoms with van der Waals surface area (Å²) < 4.78 is 0. The van der Waals surface area contributed by atoms with Gasteiger partial charge in [0, 0.05) is 20.1 Å². The number of hydrogen-bond acceptors (Lipinski definition) is 2. The van der Waals surface area contributed by atoms with E-state index in [0.717, 1.165) is 13.1 Å². The summed E-state index contributed by atoms with van der Waals surface area (Å²) in [4.78, 5) is 12.7. The smallest absolute Gasteiger partial charge is 0.239 e. The van der Waals surface area contributed by atoms with Crippen LogP contribution in [0.4, 0.5) is 0 Å². The highest BCUT2D eigenvalue weighted by Gasteiger charge is 2.20. The van der Waals surface area contributed by atoms with Crippen molar-refractivity contribution in [1.82, 2.24) is 10.2 Å². The van der Waals surface area contributed by atoms with Gasteiger partial charge in [0.2, 0.25) is 5.91 Å². The number of rotatable bonds is 0. The van der Waals surface area contributed by atoms with Crippen LogP contribution in [0.5, 0.6) is 0 Å². The molecule has 1 fully saturated rings. The van der Waals surface area contributed by atoms with Crippen molar-refractivity contribution < 1.29 is 4.79 Å². The van der Waals surface area contributed by atoms with Crippen molar-refractivity contribution >= 4 is 5.91 Å². The summed E-state index contributed by atoms with van der Waals surface area (Å²) in [6, 6.07) is 0.0174. The molecule has 1 N–H and O–H groups in total. The molecule has 0 aliphatic carbocycles. The van der Waals surface area contributed by atoms with E-state index in [1.54, 1.807) is 4.90 Å². The molecule has 0 saturated carbocycles. The molecule has 0 aromatic rings. The Balaban J connectivity index is 2.52. The van der Waals surface area contributed by atoms with Gasteiger partial charge in [-0.3, -0.25) is 4.79 Å². The number of hydrogen-bond donors (Lipinski definition) is 1. The molecule has 52 valence electrons. The van der Waals surface area contributed by atoms with Crippen molar-refractivity contribution in [2.24, 2.45) is 0 Å². The van der Waals surface area contributed by atoms with E-state index in [9.17, 15) is 4.79 Å². The molecule has 1 amide bonds. The van der Waals surface area contributed by atoms with Gasteiger partial charge in [-0.1, -0.05) is 0 Å². The van der Waals surface area contributed by atoms with Gasteiger partial charge in [0.25, 0.3) is 0 Å².